The number of fused-ring (bicyclic) bond motifs is 2. The molecule has 3 N–H and O–H groups in total. The highest BCUT2D eigenvalue weighted by molar-refractivity contribution is 5.16. The summed E-state index contributed by atoms with van der Waals surface area (Å²) in [5, 5.41) is 10.9. The maximum Gasteiger partial charge on any atom is 0.313 e. The average molecular weight is 368 g/mol. The molecule has 2 heterocycles. The van der Waals surface area contributed by atoms with Gasteiger partial charge in [-0.05, 0) is 44.4 Å². The SMILES string of the molecule is CC(C)C1C=CC(C)(N)C(O[N+](=O)C2C(O)C3(C(C)C)CCC2(C)O3)C1. The highest BCUT2D eigenvalue weighted by atomic mass is 16.8. The third-order valence-electron chi connectivity index (χ3n) is 7.04. The molecule has 0 radical (unpaired) electrons. The van der Waals surface area contributed by atoms with E-state index in [0.717, 1.165) is 12.8 Å². The summed E-state index contributed by atoms with van der Waals surface area (Å²) in [4.78, 5) is 19.5. The van der Waals surface area contributed by atoms with E-state index in [0.29, 0.717) is 23.2 Å². The van der Waals surface area contributed by atoms with Gasteiger partial charge in [-0.3, -0.25) is 0 Å². The smallest absolute Gasteiger partial charge is 0.313 e. The number of hydrogen-bond acceptors (Lipinski definition) is 5. The Morgan fingerprint density at radius 2 is 1.92 bits per heavy atom. The average Bonchev–Trinajstić information content (AvgIpc) is 2.99. The molecule has 7 unspecified atom stereocenters. The van der Waals surface area contributed by atoms with Crippen molar-refractivity contribution in [1.29, 1.82) is 0 Å². The van der Waals surface area contributed by atoms with Crippen molar-refractivity contribution in [3.63, 3.8) is 0 Å². The third kappa shape index (κ3) is 2.90. The first-order chi connectivity index (χ1) is 11.9. The van der Waals surface area contributed by atoms with E-state index in [2.05, 4.69) is 19.9 Å². The number of aliphatic hydroxyl groups excluding tert-OH is 1. The van der Waals surface area contributed by atoms with Crippen LogP contribution < -0.4 is 5.73 Å². The Morgan fingerprint density at radius 1 is 1.27 bits per heavy atom. The predicted molar refractivity (Wildman–Crippen MR) is 99.3 cm³/mol. The zero-order valence-corrected chi connectivity index (χ0v) is 16.9. The van der Waals surface area contributed by atoms with Crippen LogP contribution >= 0.6 is 0 Å². The van der Waals surface area contributed by atoms with Crippen LogP contribution in [0.15, 0.2) is 12.2 Å². The third-order valence-corrected chi connectivity index (χ3v) is 7.04. The molecule has 0 saturated carbocycles. The van der Waals surface area contributed by atoms with E-state index in [1.165, 1.54) is 0 Å². The van der Waals surface area contributed by atoms with Gasteiger partial charge in [0.15, 0.2) is 12.2 Å². The van der Waals surface area contributed by atoms with Gasteiger partial charge >= 0.3 is 6.04 Å². The fourth-order valence-corrected chi connectivity index (χ4v) is 4.94. The molecule has 0 spiro atoms. The van der Waals surface area contributed by atoms with Crippen LogP contribution in [-0.4, -0.2) is 45.0 Å². The van der Waals surface area contributed by atoms with E-state index in [-0.39, 0.29) is 5.92 Å². The molecule has 2 aliphatic heterocycles. The maximum absolute atomic E-state index is 13.0. The Morgan fingerprint density at radius 3 is 2.46 bits per heavy atom. The van der Waals surface area contributed by atoms with Gasteiger partial charge in [0.05, 0.1) is 10.4 Å². The second-order valence-corrected chi connectivity index (χ2v) is 9.66. The van der Waals surface area contributed by atoms with Crippen molar-refractivity contribution in [3.05, 3.63) is 17.1 Å². The molecule has 2 fully saturated rings. The van der Waals surface area contributed by atoms with Crippen LogP contribution in [0.1, 0.15) is 60.8 Å². The molecule has 6 nitrogen and oxygen atoms in total. The van der Waals surface area contributed by atoms with Crippen molar-refractivity contribution in [2.24, 2.45) is 23.5 Å². The molecule has 6 heteroatoms. The van der Waals surface area contributed by atoms with E-state index in [1.54, 1.807) is 0 Å². The molecule has 0 aromatic carbocycles. The summed E-state index contributed by atoms with van der Waals surface area (Å²) >= 11 is 0. The maximum atomic E-state index is 13.0. The highest BCUT2D eigenvalue weighted by Gasteiger charge is 2.74. The van der Waals surface area contributed by atoms with E-state index >= 15 is 0 Å². The minimum Gasteiger partial charge on any atom is -0.383 e. The van der Waals surface area contributed by atoms with Crippen LogP contribution in [0.4, 0.5) is 0 Å². The van der Waals surface area contributed by atoms with Gasteiger partial charge in [-0.15, -0.1) is 0 Å². The molecular weight excluding hydrogens is 332 g/mol. The first-order valence-electron chi connectivity index (χ1n) is 9.92. The second kappa shape index (κ2) is 6.28. The predicted octanol–water partition coefficient (Wildman–Crippen LogP) is 2.72. The minimum atomic E-state index is -0.872. The Kier molecular flexibility index (Phi) is 4.78. The van der Waals surface area contributed by atoms with Crippen molar-refractivity contribution in [2.75, 3.05) is 0 Å². The van der Waals surface area contributed by atoms with Crippen LogP contribution in [-0.2, 0) is 9.57 Å². The molecule has 0 aromatic heterocycles. The Labute approximate surface area is 156 Å². The zero-order valence-electron chi connectivity index (χ0n) is 16.9. The normalized spacial score (nSPS) is 47.8. The lowest BCUT2D eigenvalue weighted by Gasteiger charge is -2.36. The largest absolute Gasteiger partial charge is 0.383 e. The number of nitrogens with zero attached hydrogens (tertiary/aromatic N) is 1. The summed E-state index contributed by atoms with van der Waals surface area (Å²) in [5.41, 5.74) is 4.31. The standard InChI is InChI=1S/C20H35N2O4/c1-12(2)14-7-8-18(5,21)15(11-14)25-22(24)16-17(23)20(13(3)4)10-9-19(16,6)26-20/h7-8,12-17,23H,9-11,21H2,1-6H3/q+1. The number of hydrogen-bond donors (Lipinski definition) is 2. The van der Waals surface area contributed by atoms with E-state index < -0.39 is 35.0 Å². The Hall–Kier alpha value is -0.980. The number of ether oxygens (including phenoxy) is 1. The fraction of sp³-hybridized carbons (Fsp3) is 0.900. The lowest BCUT2D eigenvalue weighted by Crippen LogP contribution is -2.58. The van der Waals surface area contributed by atoms with Crippen molar-refractivity contribution in [1.82, 2.24) is 0 Å². The highest BCUT2D eigenvalue weighted by Crippen LogP contribution is 2.55. The lowest BCUT2D eigenvalue weighted by molar-refractivity contribution is -0.845. The van der Waals surface area contributed by atoms with E-state index in [1.807, 2.05) is 33.8 Å². The van der Waals surface area contributed by atoms with Gasteiger partial charge in [0.25, 0.3) is 0 Å². The monoisotopic (exact) mass is 367 g/mol. The van der Waals surface area contributed by atoms with Crippen molar-refractivity contribution in [2.45, 2.75) is 95.8 Å². The molecule has 0 aromatic rings. The van der Waals surface area contributed by atoms with Gasteiger partial charge in [0.2, 0.25) is 4.92 Å². The van der Waals surface area contributed by atoms with E-state index in [9.17, 15) is 10.0 Å². The molecule has 2 bridgehead atoms. The Bertz CT molecular complexity index is 603. The minimum absolute atomic E-state index is 0.125. The zero-order chi connectivity index (χ0) is 19.5. The molecule has 2 saturated heterocycles. The van der Waals surface area contributed by atoms with Crippen LogP contribution in [0, 0.1) is 22.7 Å². The van der Waals surface area contributed by atoms with Crippen LogP contribution in [0.3, 0.4) is 0 Å². The quantitative estimate of drug-likeness (QED) is 0.576. The molecule has 148 valence electrons. The number of aliphatic hydroxyl groups is 1. The Balaban J connectivity index is 1.79. The summed E-state index contributed by atoms with van der Waals surface area (Å²) in [6.45, 7) is 12.2. The van der Waals surface area contributed by atoms with Crippen LogP contribution in [0.25, 0.3) is 0 Å². The number of allylic oxidation sites excluding steroid dienone is 1. The fourth-order valence-electron chi connectivity index (χ4n) is 4.94. The lowest BCUT2D eigenvalue weighted by atomic mass is 9.72. The number of rotatable bonds is 5. The van der Waals surface area contributed by atoms with Crippen LogP contribution in [0.2, 0.25) is 0 Å². The van der Waals surface area contributed by atoms with Crippen molar-refractivity contribution >= 4 is 0 Å². The van der Waals surface area contributed by atoms with E-state index in [4.69, 9.17) is 15.3 Å². The summed E-state index contributed by atoms with van der Waals surface area (Å²) in [6, 6.07) is -0.738. The van der Waals surface area contributed by atoms with Gasteiger partial charge in [0.1, 0.15) is 11.2 Å². The molecule has 1 aliphatic carbocycles. The molecule has 7 atom stereocenters. The topological polar surface area (TPSA) is 84.8 Å². The van der Waals surface area contributed by atoms with Gasteiger partial charge in [0, 0.05) is 6.42 Å². The number of nitrogens with two attached hydrogens (primary N) is 1. The van der Waals surface area contributed by atoms with Crippen LogP contribution in [0.5, 0.6) is 0 Å². The molecule has 0 amide bonds. The van der Waals surface area contributed by atoms with Gasteiger partial charge in [-0.25, -0.2) is 4.84 Å². The molecule has 3 rings (SSSR count). The van der Waals surface area contributed by atoms with Gasteiger partial charge in [-0.1, -0.05) is 39.8 Å². The molecular formula is C20H35N2O4+. The van der Waals surface area contributed by atoms with Gasteiger partial charge in [-0.2, -0.15) is 0 Å². The summed E-state index contributed by atoms with van der Waals surface area (Å²) in [7, 11) is 0. The summed E-state index contributed by atoms with van der Waals surface area (Å²) in [6.07, 6.45) is 4.98. The second-order valence-electron chi connectivity index (χ2n) is 9.66. The van der Waals surface area contributed by atoms with Crippen molar-refractivity contribution in [3.8, 4) is 0 Å². The molecule has 26 heavy (non-hydrogen) atoms. The van der Waals surface area contributed by atoms with Gasteiger partial charge < -0.3 is 15.6 Å². The first kappa shape index (κ1) is 19.8. The summed E-state index contributed by atoms with van der Waals surface area (Å²) in [5.74, 6) is 0.899. The molecule has 3 aliphatic rings. The van der Waals surface area contributed by atoms with Crippen molar-refractivity contribution < 1.29 is 19.6 Å². The first-order valence-corrected chi connectivity index (χ1v) is 9.92. The summed E-state index contributed by atoms with van der Waals surface area (Å²) < 4.78 is 6.24.